The standard InChI is InChI=1S/C14H11BrCl2FN/c1-19-14(10-4-3-9(18)7-12(10)15)11-6-8(16)2-5-13(11)17/h2-7,14,19H,1H3. The highest BCUT2D eigenvalue weighted by Crippen LogP contribution is 2.34. The van der Waals surface area contributed by atoms with Crippen molar-refractivity contribution in [1.29, 1.82) is 0 Å². The number of rotatable bonds is 3. The highest BCUT2D eigenvalue weighted by molar-refractivity contribution is 9.10. The Hall–Kier alpha value is -0.610. The van der Waals surface area contributed by atoms with E-state index in [1.54, 1.807) is 24.3 Å². The molecule has 0 aliphatic heterocycles. The smallest absolute Gasteiger partial charge is 0.124 e. The van der Waals surface area contributed by atoms with Gasteiger partial charge in [0.1, 0.15) is 5.82 Å². The predicted octanol–water partition coefficient (Wildman–Crippen LogP) is 5.20. The molecule has 2 rings (SSSR count). The largest absolute Gasteiger partial charge is 0.309 e. The van der Waals surface area contributed by atoms with Crippen LogP contribution in [0.4, 0.5) is 4.39 Å². The van der Waals surface area contributed by atoms with Crippen LogP contribution in [0.1, 0.15) is 17.2 Å². The van der Waals surface area contributed by atoms with Crippen LogP contribution in [0, 0.1) is 5.82 Å². The predicted molar refractivity (Wildman–Crippen MR) is 81.5 cm³/mol. The first kappa shape index (κ1) is 14.8. The van der Waals surface area contributed by atoms with Crippen LogP contribution >= 0.6 is 39.1 Å². The van der Waals surface area contributed by atoms with Gasteiger partial charge in [0.25, 0.3) is 0 Å². The number of hydrogen-bond acceptors (Lipinski definition) is 1. The molecule has 0 aromatic heterocycles. The summed E-state index contributed by atoms with van der Waals surface area (Å²) < 4.78 is 13.8. The van der Waals surface area contributed by atoms with Crippen molar-refractivity contribution in [3.05, 3.63) is 67.9 Å². The van der Waals surface area contributed by atoms with Gasteiger partial charge in [-0.15, -0.1) is 0 Å². The Morgan fingerprint density at radius 1 is 1.11 bits per heavy atom. The SMILES string of the molecule is CNC(c1cc(Cl)ccc1Cl)c1ccc(F)cc1Br. The molecule has 0 amide bonds. The lowest BCUT2D eigenvalue weighted by Crippen LogP contribution is -2.18. The maximum absolute atomic E-state index is 13.2. The minimum atomic E-state index is -0.289. The summed E-state index contributed by atoms with van der Waals surface area (Å²) in [5, 5.41) is 4.39. The third-order valence-electron chi connectivity index (χ3n) is 2.83. The average molecular weight is 363 g/mol. The second-order valence-electron chi connectivity index (χ2n) is 4.05. The van der Waals surface area contributed by atoms with Gasteiger partial charge >= 0.3 is 0 Å². The molecule has 1 atom stereocenters. The van der Waals surface area contributed by atoms with Crippen molar-refractivity contribution in [3.8, 4) is 0 Å². The molecule has 100 valence electrons. The molecule has 1 N–H and O–H groups in total. The maximum atomic E-state index is 13.2. The van der Waals surface area contributed by atoms with Crippen molar-refractivity contribution < 1.29 is 4.39 Å². The average Bonchev–Trinajstić information content (AvgIpc) is 2.36. The first-order valence-corrected chi connectivity index (χ1v) is 7.15. The van der Waals surface area contributed by atoms with Gasteiger partial charge in [0.2, 0.25) is 0 Å². The molecule has 5 heteroatoms. The fourth-order valence-electron chi connectivity index (χ4n) is 1.95. The highest BCUT2D eigenvalue weighted by atomic mass is 79.9. The summed E-state index contributed by atoms with van der Waals surface area (Å²) >= 11 is 15.6. The lowest BCUT2D eigenvalue weighted by molar-refractivity contribution is 0.621. The molecule has 1 unspecified atom stereocenters. The van der Waals surface area contributed by atoms with Crippen LogP contribution in [-0.4, -0.2) is 7.05 Å². The Balaban J connectivity index is 2.52. The molecule has 0 aliphatic carbocycles. The van der Waals surface area contributed by atoms with Crippen molar-refractivity contribution in [3.63, 3.8) is 0 Å². The molecule has 0 aliphatic rings. The molecule has 0 radical (unpaired) electrons. The summed E-state index contributed by atoms with van der Waals surface area (Å²) in [5.74, 6) is -0.289. The number of hydrogen-bond donors (Lipinski definition) is 1. The van der Waals surface area contributed by atoms with E-state index in [9.17, 15) is 4.39 Å². The van der Waals surface area contributed by atoms with Crippen LogP contribution in [0.5, 0.6) is 0 Å². The Kier molecular flexibility index (Phi) is 4.85. The molecule has 19 heavy (non-hydrogen) atoms. The molecule has 0 spiro atoms. The lowest BCUT2D eigenvalue weighted by atomic mass is 9.99. The van der Waals surface area contributed by atoms with Crippen molar-refractivity contribution in [2.45, 2.75) is 6.04 Å². The van der Waals surface area contributed by atoms with Crippen molar-refractivity contribution in [2.24, 2.45) is 0 Å². The second-order valence-corrected chi connectivity index (χ2v) is 5.75. The van der Waals surface area contributed by atoms with Gasteiger partial charge in [0.15, 0.2) is 0 Å². The van der Waals surface area contributed by atoms with E-state index in [1.165, 1.54) is 12.1 Å². The van der Waals surface area contributed by atoms with Gasteiger partial charge in [-0.2, -0.15) is 0 Å². The van der Waals surface area contributed by atoms with Gasteiger partial charge in [-0.1, -0.05) is 45.2 Å². The van der Waals surface area contributed by atoms with E-state index in [2.05, 4.69) is 21.2 Å². The van der Waals surface area contributed by atoms with E-state index in [0.29, 0.717) is 14.5 Å². The molecular weight excluding hydrogens is 352 g/mol. The maximum Gasteiger partial charge on any atom is 0.124 e. The van der Waals surface area contributed by atoms with Crippen LogP contribution in [0.15, 0.2) is 40.9 Å². The monoisotopic (exact) mass is 361 g/mol. The van der Waals surface area contributed by atoms with Crippen LogP contribution in [0.25, 0.3) is 0 Å². The topological polar surface area (TPSA) is 12.0 Å². The fourth-order valence-corrected chi connectivity index (χ4v) is 2.94. The van der Waals surface area contributed by atoms with Crippen molar-refractivity contribution in [1.82, 2.24) is 5.32 Å². The number of nitrogens with one attached hydrogen (secondary N) is 1. The van der Waals surface area contributed by atoms with Crippen LogP contribution < -0.4 is 5.32 Å². The first-order valence-electron chi connectivity index (χ1n) is 5.60. The van der Waals surface area contributed by atoms with Gasteiger partial charge < -0.3 is 5.32 Å². The molecule has 0 heterocycles. The third kappa shape index (κ3) is 3.29. The first-order chi connectivity index (χ1) is 9.02. The van der Waals surface area contributed by atoms with E-state index >= 15 is 0 Å². The molecule has 1 nitrogen and oxygen atoms in total. The zero-order chi connectivity index (χ0) is 14.0. The Morgan fingerprint density at radius 2 is 1.84 bits per heavy atom. The fraction of sp³-hybridized carbons (Fsp3) is 0.143. The van der Waals surface area contributed by atoms with E-state index in [1.807, 2.05) is 7.05 Å². The molecule has 0 fully saturated rings. The minimum Gasteiger partial charge on any atom is -0.309 e. The molecule has 0 saturated heterocycles. The van der Waals surface area contributed by atoms with E-state index in [0.717, 1.165) is 11.1 Å². The third-order valence-corrected chi connectivity index (χ3v) is 4.10. The summed E-state index contributed by atoms with van der Waals surface area (Å²) in [7, 11) is 1.82. The number of halogens is 4. The zero-order valence-corrected chi connectivity index (χ0v) is 13.2. The minimum absolute atomic E-state index is 0.166. The van der Waals surface area contributed by atoms with Crippen LogP contribution in [-0.2, 0) is 0 Å². The summed E-state index contributed by atoms with van der Waals surface area (Å²) in [6.07, 6.45) is 0. The van der Waals surface area contributed by atoms with E-state index < -0.39 is 0 Å². The van der Waals surface area contributed by atoms with Gasteiger partial charge in [0.05, 0.1) is 6.04 Å². The van der Waals surface area contributed by atoms with Crippen molar-refractivity contribution >= 4 is 39.1 Å². The van der Waals surface area contributed by atoms with E-state index in [-0.39, 0.29) is 11.9 Å². The van der Waals surface area contributed by atoms with Gasteiger partial charge in [-0.25, -0.2) is 4.39 Å². The molecular formula is C14H11BrCl2FN. The van der Waals surface area contributed by atoms with Crippen molar-refractivity contribution in [2.75, 3.05) is 7.05 Å². The number of benzene rings is 2. The van der Waals surface area contributed by atoms with Gasteiger partial charge in [-0.05, 0) is 48.5 Å². The lowest BCUT2D eigenvalue weighted by Gasteiger charge is -2.20. The molecule has 0 saturated carbocycles. The molecule has 0 bridgehead atoms. The summed E-state index contributed by atoms with van der Waals surface area (Å²) in [5.41, 5.74) is 1.75. The summed E-state index contributed by atoms with van der Waals surface area (Å²) in [6, 6.07) is 9.70. The van der Waals surface area contributed by atoms with Gasteiger partial charge in [-0.3, -0.25) is 0 Å². The Morgan fingerprint density at radius 3 is 2.47 bits per heavy atom. The van der Waals surface area contributed by atoms with Crippen LogP contribution in [0.2, 0.25) is 10.0 Å². The Bertz CT molecular complexity index is 604. The highest BCUT2D eigenvalue weighted by Gasteiger charge is 2.18. The zero-order valence-electron chi connectivity index (χ0n) is 10.1. The quantitative estimate of drug-likeness (QED) is 0.790. The normalized spacial score (nSPS) is 12.5. The Labute approximate surface area is 129 Å². The second kappa shape index (κ2) is 6.23. The molecule has 2 aromatic carbocycles. The summed E-state index contributed by atoms with van der Waals surface area (Å²) in [6.45, 7) is 0. The summed E-state index contributed by atoms with van der Waals surface area (Å²) in [4.78, 5) is 0. The van der Waals surface area contributed by atoms with Crippen LogP contribution in [0.3, 0.4) is 0 Å². The van der Waals surface area contributed by atoms with Gasteiger partial charge in [0, 0.05) is 14.5 Å². The van der Waals surface area contributed by atoms with E-state index in [4.69, 9.17) is 23.2 Å². The molecule has 2 aromatic rings.